The van der Waals surface area contributed by atoms with Crippen LogP contribution >= 0.6 is 0 Å². The predicted molar refractivity (Wildman–Crippen MR) is 50.6 cm³/mol. The standard InChI is InChI=1S/C8H18N2O.2H2/c1-8(2,3)7(11)10-6-5-9-4;;/h9H,5-6H2,1-4H3,(H,10,11);2*1H. The minimum Gasteiger partial charge on any atom is -0.354 e. The third kappa shape index (κ3) is 4.79. The number of rotatable bonds is 3. The molecule has 11 heavy (non-hydrogen) atoms. The molecule has 1 amide bonds. The van der Waals surface area contributed by atoms with E-state index in [0.29, 0.717) is 6.54 Å². The van der Waals surface area contributed by atoms with Crippen molar-refractivity contribution in [1.29, 1.82) is 0 Å². The molecule has 0 fully saturated rings. The van der Waals surface area contributed by atoms with Crippen LogP contribution in [0.4, 0.5) is 0 Å². The molecule has 0 bridgehead atoms. The first-order valence-corrected chi connectivity index (χ1v) is 3.91. The number of carbonyl (C=O) groups excluding carboxylic acids is 1. The second kappa shape index (κ2) is 4.34. The summed E-state index contributed by atoms with van der Waals surface area (Å²) in [5.41, 5.74) is -0.270. The Hall–Kier alpha value is -0.570. The summed E-state index contributed by atoms with van der Waals surface area (Å²) >= 11 is 0. The highest BCUT2D eigenvalue weighted by molar-refractivity contribution is 5.81. The van der Waals surface area contributed by atoms with Crippen LogP contribution in [0.15, 0.2) is 0 Å². The number of amides is 1. The molecule has 0 radical (unpaired) electrons. The van der Waals surface area contributed by atoms with E-state index in [1.807, 2.05) is 27.8 Å². The molecule has 3 heteroatoms. The number of hydrogen-bond acceptors (Lipinski definition) is 2. The van der Waals surface area contributed by atoms with Crippen LogP contribution in [0.25, 0.3) is 0 Å². The van der Waals surface area contributed by atoms with E-state index in [1.54, 1.807) is 0 Å². The van der Waals surface area contributed by atoms with E-state index < -0.39 is 0 Å². The predicted octanol–water partition coefficient (Wildman–Crippen LogP) is 0.860. The molecule has 0 unspecified atom stereocenters. The highest BCUT2D eigenvalue weighted by Crippen LogP contribution is 2.11. The van der Waals surface area contributed by atoms with E-state index in [2.05, 4.69) is 10.6 Å². The van der Waals surface area contributed by atoms with Gasteiger partial charge in [-0.1, -0.05) is 20.8 Å². The summed E-state index contributed by atoms with van der Waals surface area (Å²) in [5, 5.41) is 5.78. The van der Waals surface area contributed by atoms with E-state index >= 15 is 0 Å². The maximum atomic E-state index is 11.2. The number of hydrogen-bond donors (Lipinski definition) is 2. The van der Waals surface area contributed by atoms with Gasteiger partial charge in [-0.2, -0.15) is 0 Å². The molecular weight excluding hydrogens is 140 g/mol. The zero-order chi connectivity index (χ0) is 8.91. The Labute approximate surface area is 71.5 Å². The van der Waals surface area contributed by atoms with Crippen molar-refractivity contribution in [2.45, 2.75) is 20.8 Å². The maximum absolute atomic E-state index is 11.2. The van der Waals surface area contributed by atoms with Crippen LogP contribution in [0, 0.1) is 5.41 Å². The Morgan fingerprint density at radius 3 is 2.27 bits per heavy atom. The van der Waals surface area contributed by atoms with Crippen LogP contribution in [0.5, 0.6) is 0 Å². The van der Waals surface area contributed by atoms with Gasteiger partial charge in [0.15, 0.2) is 0 Å². The third-order valence-corrected chi connectivity index (χ3v) is 1.34. The molecule has 0 aromatic heterocycles. The van der Waals surface area contributed by atoms with Crippen molar-refractivity contribution in [3.63, 3.8) is 0 Å². The Bertz CT molecular complexity index is 135. The second-order valence-corrected chi connectivity index (χ2v) is 3.61. The normalized spacial score (nSPS) is 11.3. The Morgan fingerprint density at radius 2 is 1.91 bits per heavy atom. The minimum atomic E-state index is -0.270. The fourth-order valence-electron chi connectivity index (χ4n) is 0.566. The lowest BCUT2D eigenvalue weighted by molar-refractivity contribution is -0.128. The van der Waals surface area contributed by atoms with Crippen LogP contribution in [-0.4, -0.2) is 26.0 Å². The number of likely N-dealkylation sites (N-methyl/N-ethyl adjacent to an activating group) is 1. The molecule has 0 saturated carbocycles. The SMILES string of the molecule is CNCCNC(=O)C(C)(C)C.[HH].[HH]. The first-order valence-electron chi connectivity index (χ1n) is 3.91. The molecule has 2 N–H and O–H groups in total. The molecule has 0 aliphatic carbocycles. The molecular formula is C8H22N2O. The van der Waals surface area contributed by atoms with Crippen molar-refractivity contribution >= 4 is 5.91 Å². The largest absolute Gasteiger partial charge is 0.354 e. The van der Waals surface area contributed by atoms with Gasteiger partial charge >= 0.3 is 0 Å². The van der Waals surface area contributed by atoms with Crippen molar-refractivity contribution in [3.8, 4) is 0 Å². The van der Waals surface area contributed by atoms with Gasteiger partial charge in [-0.3, -0.25) is 4.79 Å². The monoisotopic (exact) mass is 162 g/mol. The molecule has 0 heterocycles. The molecule has 3 nitrogen and oxygen atoms in total. The summed E-state index contributed by atoms with van der Waals surface area (Å²) in [5.74, 6) is 0.104. The molecule has 0 aliphatic rings. The van der Waals surface area contributed by atoms with Crippen molar-refractivity contribution in [3.05, 3.63) is 0 Å². The van der Waals surface area contributed by atoms with Gasteiger partial charge in [-0.25, -0.2) is 0 Å². The summed E-state index contributed by atoms with van der Waals surface area (Å²) in [6.07, 6.45) is 0. The Kier molecular flexibility index (Phi) is 4.11. The third-order valence-electron chi connectivity index (χ3n) is 1.34. The zero-order valence-corrected chi connectivity index (χ0v) is 7.82. The molecule has 0 rings (SSSR count). The fraction of sp³-hybridized carbons (Fsp3) is 0.875. The van der Waals surface area contributed by atoms with E-state index in [4.69, 9.17) is 0 Å². The van der Waals surface area contributed by atoms with Gasteiger partial charge in [0.2, 0.25) is 5.91 Å². The minimum absolute atomic E-state index is 0. The topological polar surface area (TPSA) is 41.1 Å². The van der Waals surface area contributed by atoms with Crippen LogP contribution in [0.2, 0.25) is 0 Å². The quantitative estimate of drug-likeness (QED) is 0.604. The van der Waals surface area contributed by atoms with Crippen LogP contribution in [-0.2, 0) is 4.79 Å². The van der Waals surface area contributed by atoms with Gasteiger partial charge in [0, 0.05) is 21.4 Å². The molecule has 0 spiro atoms. The fourth-order valence-corrected chi connectivity index (χ4v) is 0.566. The first-order chi connectivity index (χ1) is 4.98. The average molecular weight is 162 g/mol. The summed E-state index contributed by atoms with van der Waals surface area (Å²) in [6.45, 7) is 7.24. The maximum Gasteiger partial charge on any atom is 0.225 e. The molecule has 0 atom stereocenters. The first kappa shape index (κ1) is 10.4. The van der Waals surface area contributed by atoms with Crippen LogP contribution in [0.1, 0.15) is 23.6 Å². The van der Waals surface area contributed by atoms with E-state index in [1.165, 1.54) is 0 Å². The lowest BCUT2D eigenvalue weighted by atomic mass is 9.96. The van der Waals surface area contributed by atoms with Gasteiger partial charge in [-0.05, 0) is 7.05 Å². The van der Waals surface area contributed by atoms with Crippen LogP contribution < -0.4 is 10.6 Å². The summed E-state index contributed by atoms with van der Waals surface area (Å²) in [4.78, 5) is 11.2. The summed E-state index contributed by atoms with van der Waals surface area (Å²) in [7, 11) is 1.86. The average Bonchev–Trinajstić information content (AvgIpc) is 1.86. The molecule has 0 aromatic rings. The zero-order valence-electron chi connectivity index (χ0n) is 7.82. The molecule has 0 aliphatic heterocycles. The summed E-state index contributed by atoms with van der Waals surface area (Å²) in [6, 6.07) is 0. The lowest BCUT2D eigenvalue weighted by Gasteiger charge is -2.17. The van der Waals surface area contributed by atoms with E-state index in [0.717, 1.165) is 6.54 Å². The van der Waals surface area contributed by atoms with Crippen molar-refractivity contribution < 1.29 is 7.65 Å². The van der Waals surface area contributed by atoms with Crippen molar-refractivity contribution in [2.75, 3.05) is 20.1 Å². The second-order valence-electron chi connectivity index (χ2n) is 3.61. The number of nitrogens with one attached hydrogen (secondary N) is 2. The van der Waals surface area contributed by atoms with E-state index in [-0.39, 0.29) is 14.2 Å². The van der Waals surface area contributed by atoms with E-state index in [9.17, 15) is 4.79 Å². The van der Waals surface area contributed by atoms with Crippen molar-refractivity contribution in [2.24, 2.45) is 5.41 Å². The van der Waals surface area contributed by atoms with Crippen molar-refractivity contribution in [1.82, 2.24) is 10.6 Å². The molecule has 0 aromatic carbocycles. The van der Waals surface area contributed by atoms with Gasteiger partial charge in [0.1, 0.15) is 0 Å². The van der Waals surface area contributed by atoms with Crippen LogP contribution in [0.3, 0.4) is 0 Å². The van der Waals surface area contributed by atoms with Gasteiger partial charge in [0.05, 0.1) is 0 Å². The Morgan fingerprint density at radius 1 is 1.36 bits per heavy atom. The highest BCUT2D eigenvalue weighted by atomic mass is 16.2. The summed E-state index contributed by atoms with van der Waals surface area (Å²) < 4.78 is 0. The molecule has 70 valence electrons. The number of carbonyl (C=O) groups is 1. The van der Waals surface area contributed by atoms with Gasteiger partial charge in [0.25, 0.3) is 0 Å². The van der Waals surface area contributed by atoms with Gasteiger partial charge < -0.3 is 10.6 Å². The molecule has 0 saturated heterocycles. The lowest BCUT2D eigenvalue weighted by Crippen LogP contribution is -2.38. The van der Waals surface area contributed by atoms with Gasteiger partial charge in [-0.15, -0.1) is 0 Å². The highest BCUT2D eigenvalue weighted by Gasteiger charge is 2.19. The smallest absolute Gasteiger partial charge is 0.225 e. The Balaban J connectivity index is -0.000000500.